The van der Waals surface area contributed by atoms with Crippen molar-refractivity contribution in [2.75, 3.05) is 23.4 Å². The SMILES string of the molecule is COCc1c(C(=O)Nc2nc(-c3ccc(NS(C)(=O)=O)cc3)cs2)sc2cccc(F)c12. The molecule has 0 saturated carbocycles. The largest absolute Gasteiger partial charge is 0.380 e. The number of amides is 1. The van der Waals surface area contributed by atoms with Gasteiger partial charge in [-0.2, -0.15) is 0 Å². The van der Waals surface area contributed by atoms with Gasteiger partial charge in [0.05, 0.1) is 23.4 Å². The molecule has 2 N–H and O–H groups in total. The second-order valence-corrected chi connectivity index (χ2v) is 10.6. The second kappa shape index (κ2) is 8.94. The number of benzene rings is 2. The van der Waals surface area contributed by atoms with Crippen molar-refractivity contribution >= 4 is 59.5 Å². The average molecular weight is 492 g/mol. The van der Waals surface area contributed by atoms with Gasteiger partial charge in [0.15, 0.2) is 5.13 Å². The van der Waals surface area contributed by atoms with Crippen LogP contribution in [0.15, 0.2) is 47.8 Å². The Morgan fingerprint density at radius 2 is 1.94 bits per heavy atom. The zero-order valence-electron chi connectivity index (χ0n) is 17.0. The lowest BCUT2D eigenvalue weighted by Crippen LogP contribution is -2.12. The monoisotopic (exact) mass is 491 g/mol. The van der Waals surface area contributed by atoms with Crippen molar-refractivity contribution in [2.45, 2.75) is 6.61 Å². The molecule has 0 bridgehead atoms. The maximum Gasteiger partial charge on any atom is 0.267 e. The molecule has 1 amide bonds. The molecule has 7 nitrogen and oxygen atoms in total. The Kier molecular flexibility index (Phi) is 6.24. The number of anilines is 2. The highest BCUT2D eigenvalue weighted by Gasteiger charge is 2.21. The van der Waals surface area contributed by atoms with Gasteiger partial charge in [-0.3, -0.25) is 14.8 Å². The Morgan fingerprint density at radius 3 is 2.62 bits per heavy atom. The number of rotatable bonds is 7. The summed E-state index contributed by atoms with van der Waals surface area (Å²) in [6.45, 7) is 0.112. The first-order valence-corrected chi connectivity index (χ1v) is 12.9. The zero-order chi connectivity index (χ0) is 22.9. The maximum atomic E-state index is 14.4. The van der Waals surface area contributed by atoms with E-state index in [9.17, 15) is 17.6 Å². The number of ether oxygens (including phenoxy) is 1. The summed E-state index contributed by atoms with van der Waals surface area (Å²) in [5, 5.41) is 5.35. The number of fused-ring (bicyclic) bond motifs is 1. The molecule has 0 unspecified atom stereocenters. The summed E-state index contributed by atoms with van der Waals surface area (Å²) in [5.74, 6) is -0.776. The van der Waals surface area contributed by atoms with Gasteiger partial charge in [-0.25, -0.2) is 17.8 Å². The highest BCUT2D eigenvalue weighted by atomic mass is 32.2. The third-order valence-electron chi connectivity index (χ3n) is 4.47. The van der Waals surface area contributed by atoms with Crippen LogP contribution in [-0.4, -0.2) is 32.7 Å². The van der Waals surface area contributed by atoms with Gasteiger partial charge in [0.25, 0.3) is 5.91 Å². The predicted molar refractivity (Wildman–Crippen MR) is 126 cm³/mol. The van der Waals surface area contributed by atoms with E-state index in [1.54, 1.807) is 41.8 Å². The molecule has 4 aromatic rings. The molecule has 0 aliphatic rings. The summed E-state index contributed by atoms with van der Waals surface area (Å²) < 4.78 is 45.3. The number of thiophene rings is 1. The molecule has 0 radical (unpaired) electrons. The number of nitrogens with one attached hydrogen (secondary N) is 2. The number of aromatic nitrogens is 1. The van der Waals surface area contributed by atoms with Crippen LogP contribution in [0.3, 0.4) is 0 Å². The van der Waals surface area contributed by atoms with E-state index in [1.165, 1.54) is 35.8 Å². The van der Waals surface area contributed by atoms with Gasteiger partial charge in [-0.05, 0) is 24.3 Å². The van der Waals surface area contributed by atoms with Gasteiger partial charge in [0.1, 0.15) is 5.82 Å². The van der Waals surface area contributed by atoms with Crippen molar-refractivity contribution in [2.24, 2.45) is 0 Å². The highest BCUT2D eigenvalue weighted by Crippen LogP contribution is 2.35. The molecule has 11 heteroatoms. The van der Waals surface area contributed by atoms with Crippen LogP contribution >= 0.6 is 22.7 Å². The molecule has 32 heavy (non-hydrogen) atoms. The number of sulfonamides is 1. The molecule has 4 rings (SSSR count). The number of carbonyl (C=O) groups excluding carboxylic acids is 1. The lowest BCUT2D eigenvalue weighted by molar-refractivity contribution is 0.102. The first-order chi connectivity index (χ1) is 15.2. The molecule has 0 aliphatic carbocycles. The lowest BCUT2D eigenvalue weighted by atomic mass is 10.1. The second-order valence-electron chi connectivity index (χ2n) is 6.90. The van der Waals surface area contributed by atoms with Crippen molar-refractivity contribution in [1.29, 1.82) is 0 Å². The summed E-state index contributed by atoms with van der Waals surface area (Å²) in [7, 11) is -1.86. The summed E-state index contributed by atoms with van der Waals surface area (Å²) in [6, 6.07) is 11.5. The zero-order valence-corrected chi connectivity index (χ0v) is 19.5. The van der Waals surface area contributed by atoms with E-state index in [2.05, 4.69) is 15.0 Å². The fourth-order valence-electron chi connectivity index (χ4n) is 3.17. The van der Waals surface area contributed by atoms with Crippen LogP contribution in [0, 0.1) is 5.82 Å². The van der Waals surface area contributed by atoms with Crippen LogP contribution in [0.1, 0.15) is 15.2 Å². The van der Waals surface area contributed by atoms with Crippen LogP contribution in [0.5, 0.6) is 0 Å². The molecule has 2 aromatic carbocycles. The van der Waals surface area contributed by atoms with Crippen LogP contribution in [0.25, 0.3) is 21.3 Å². The summed E-state index contributed by atoms with van der Waals surface area (Å²) in [6.07, 6.45) is 1.08. The minimum Gasteiger partial charge on any atom is -0.380 e. The highest BCUT2D eigenvalue weighted by molar-refractivity contribution is 7.92. The smallest absolute Gasteiger partial charge is 0.267 e. The molecule has 0 fully saturated rings. The number of hydrogen-bond acceptors (Lipinski definition) is 7. The van der Waals surface area contributed by atoms with Crippen LogP contribution in [0.4, 0.5) is 15.2 Å². The Balaban J connectivity index is 1.56. The van der Waals surface area contributed by atoms with Crippen molar-refractivity contribution in [3.05, 3.63) is 64.1 Å². The summed E-state index contributed by atoms with van der Waals surface area (Å²) >= 11 is 2.46. The number of halogens is 1. The van der Waals surface area contributed by atoms with E-state index < -0.39 is 15.8 Å². The Bertz CT molecular complexity index is 1400. The summed E-state index contributed by atoms with van der Waals surface area (Å²) in [4.78, 5) is 17.8. The van der Waals surface area contributed by atoms with E-state index in [4.69, 9.17) is 4.74 Å². The average Bonchev–Trinajstić information content (AvgIpc) is 3.33. The Hall–Kier alpha value is -2.86. The quantitative estimate of drug-likeness (QED) is 0.382. The van der Waals surface area contributed by atoms with E-state index in [1.807, 2.05) is 0 Å². The first kappa shape index (κ1) is 22.3. The fourth-order valence-corrected chi connectivity index (χ4v) is 5.57. The minimum atomic E-state index is -3.35. The van der Waals surface area contributed by atoms with Crippen LogP contribution in [-0.2, 0) is 21.4 Å². The van der Waals surface area contributed by atoms with Crippen molar-refractivity contribution in [3.8, 4) is 11.3 Å². The predicted octanol–water partition coefficient (Wildman–Crippen LogP) is 4.93. The molecular weight excluding hydrogens is 473 g/mol. The van der Waals surface area contributed by atoms with E-state index in [-0.39, 0.29) is 12.5 Å². The Morgan fingerprint density at radius 1 is 1.19 bits per heavy atom. The van der Waals surface area contributed by atoms with Gasteiger partial charge in [-0.15, -0.1) is 22.7 Å². The van der Waals surface area contributed by atoms with E-state index >= 15 is 0 Å². The van der Waals surface area contributed by atoms with Gasteiger partial charge in [0, 0.05) is 39.4 Å². The molecule has 2 aromatic heterocycles. The Labute approximate surface area is 191 Å². The van der Waals surface area contributed by atoms with Crippen LogP contribution < -0.4 is 10.0 Å². The molecule has 0 aliphatic heterocycles. The number of carbonyl (C=O) groups is 1. The van der Waals surface area contributed by atoms with Crippen LogP contribution in [0.2, 0.25) is 0 Å². The molecule has 0 spiro atoms. The topological polar surface area (TPSA) is 97.4 Å². The third kappa shape index (κ3) is 4.80. The number of hydrogen-bond donors (Lipinski definition) is 2. The lowest BCUT2D eigenvalue weighted by Gasteiger charge is -2.05. The van der Waals surface area contributed by atoms with E-state index in [0.717, 1.165) is 11.8 Å². The van der Waals surface area contributed by atoms with Gasteiger partial charge in [-0.1, -0.05) is 18.2 Å². The van der Waals surface area contributed by atoms with Gasteiger partial charge >= 0.3 is 0 Å². The van der Waals surface area contributed by atoms with Crippen molar-refractivity contribution in [3.63, 3.8) is 0 Å². The molecule has 0 atom stereocenters. The van der Waals surface area contributed by atoms with Crippen molar-refractivity contribution in [1.82, 2.24) is 4.98 Å². The van der Waals surface area contributed by atoms with Gasteiger partial charge < -0.3 is 4.74 Å². The summed E-state index contributed by atoms with van der Waals surface area (Å²) in [5.41, 5.74) is 2.36. The van der Waals surface area contributed by atoms with E-state index in [0.29, 0.717) is 37.0 Å². The number of methoxy groups -OCH3 is 1. The number of thiazole rings is 1. The maximum absolute atomic E-state index is 14.4. The fraction of sp³-hybridized carbons (Fsp3) is 0.143. The third-order valence-corrected chi connectivity index (χ3v) is 7.03. The van der Waals surface area contributed by atoms with Gasteiger partial charge in [0.2, 0.25) is 10.0 Å². The molecular formula is C21H18FN3O4S3. The van der Waals surface area contributed by atoms with Crippen molar-refractivity contribution < 1.29 is 22.3 Å². The molecule has 0 saturated heterocycles. The molecule has 166 valence electrons. The normalized spacial score (nSPS) is 11.6. The molecule has 2 heterocycles. The minimum absolute atomic E-state index is 0.112. The standard InChI is InChI=1S/C21H18FN3O4S3/c1-29-10-14-18-15(22)4-3-5-17(18)31-19(14)20(26)24-21-23-16(11-30-21)12-6-8-13(9-7-12)25-32(2,27)28/h3-9,11,25H,10H2,1-2H3,(H,23,24,26). The number of nitrogens with zero attached hydrogens (tertiary/aromatic N) is 1. The first-order valence-electron chi connectivity index (χ1n) is 9.29.